The molecule has 2 N–H and O–H groups in total. The first-order valence-corrected chi connectivity index (χ1v) is 8.40. The second-order valence-corrected chi connectivity index (χ2v) is 6.67. The van der Waals surface area contributed by atoms with Crippen molar-refractivity contribution in [1.82, 2.24) is 4.90 Å². The fraction of sp³-hybridized carbons (Fsp3) is 0.357. The maximum atomic E-state index is 13.3. The lowest BCUT2D eigenvalue weighted by atomic mass is 10.2. The Morgan fingerprint density at radius 3 is 2.90 bits per heavy atom. The highest BCUT2D eigenvalue weighted by Crippen LogP contribution is 2.35. The summed E-state index contributed by atoms with van der Waals surface area (Å²) in [6, 6.07) is 4.54. The highest BCUT2D eigenvalue weighted by molar-refractivity contribution is 7.98. The van der Waals surface area contributed by atoms with Crippen LogP contribution in [0.2, 0.25) is 0 Å². The van der Waals surface area contributed by atoms with Gasteiger partial charge in [0.1, 0.15) is 10.7 Å². The number of fused-ring (bicyclic) bond motifs is 1. The smallest absolute Gasteiger partial charge is 0.266 e. The van der Waals surface area contributed by atoms with Crippen molar-refractivity contribution in [3.63, 3.8) is 0 Å². The van der Waals surface area contributed by atoms with Crippen molar-refractivity contribution >= 4 is 44.8 Å². The third-order valence-corrected chi connectivity index (χ3v) is 5.26. The van der Waals surface area contributed by atoms with Gasteiger partial charge in [0.2, 0.25) is 0 Å². The van der Waals surface area contributed by atoms with E-state index in [1.165, 1.54) is 23.5 Å². The van der Waals surface area contributed by atoms with E-state index in [1.807, 2.05) is 13.2 Å². The lowest BCUT2D eigenvalue weighted by Crippen LogP contribution is -2.36. The van der Waals surface area contributed by atoms with Gasteiger partial charge >= 0.3 is 0 Å². The van der Waals surface area contributed by atoms with Crippen LogP contribution in [0.5, 0.6) is 0 Å². The van der Waals surface area contributed by atoms with Crippen LogP contribution in [-0.2, 0) is 0 Å². The van der Waals surface area contributed by atoms with Crippen molar-refractivity contribution in [2.75, 3.05) is 24.8 Å². The van der Waals surface area contributed by atoms with E-state index in [1.54, 1.807) is 29.8 Å². The predicted molar refractivity (Wildman–Crippen MR) is 86.1 cm³/mol. The number of anilines is 1. The van der Waals surface area contributed by atoms with Crippen molar-refractivity contribution in [3.05, 3.63) is 28.9 Å². The molecule has 0 spiro atoms. The first-order valence-electron chi connectivity index (χ1n) is 6.19. The number of nitrogen functional groups attached to an aromatic ring is 1. The maximum absolute atomic E-state index is 13.3. The number of thiophene rings is 1. The Kier molecular flexibility index (Phi) is 4.55. The summed E-state index contributed by atoms with van der Waals surface area (Å²) < 4.78 is 14.1. The molecule has 1 heterocycles. The monoisotopic (exact) mass is 312 g/mol. The van der Waals surface area contributed by atoms with Crippen LogP contribution in [0.3, 0.4) is 0 Å². The van der Waals surface area contributed by atoms with Crippen LogP contribution in [0.4, 0.5) is 10.1 Å². The largest absolute Gasteiger partial charge is 0.397 e. The van der Waals surface area contributed by atoms with Crippen LogP contribution in [-0.4, -0.2) is 35.9 Å². The number of carbonyl (C=O) groups excluding carboxylic acids is 1. The van der Waals surface area contributed by atoms with E-state index >= 15 is 0 Å². The van der Waals surface area contributed by atoms with E-state index in [4.69, 9.17) is 5.73 Å². The van der Waals surface area contributed by atoms with Crippen LogP contribution in [0.15, 0.2) is 18.2 Å². The van der Waals surface area contributed by atoms with Crippen LogP contribution in [0.1, 0.15) is 16.6 Å². The molecule has 1 amide bonds. The van der Waals surface area contributed by atoms with Gasteiger partial charge in [-0.15, -0.1) is 11.3 Å². The molecule has 0 saturated heterocycles. The standard InChI is InChI=1S/C14H17FN2OS2/c1-8(7-19-3)17(2)14(18)13-12(16)10-6-9(15)4-5-11(10)20-13/h4-6,8H,7,16H2,1-3H3. The molecule has 6 heteroatoms. The zero-order valence-electron chi connectivity index (χ0n) is 11.6. The molecule has 0 aliphatic heterocycles. The summed E-state index contributed by atoms with van der Waals surface area (Å²) in [5, 5.41) is 0.615. The molecule has 0 bridgehead atoms. The fourth-order valence-electron chi connectivity index (χ4n) is 1.96. The van der Waals surface area contributed by atoms with Gasteiger partial charge in [0.05, 0.1) is 5.69 Å². The lowest BCUT2D eigenvalue weighted by Gasteiger charge is -2.23. The Balaban J connectivity index is 2.37. The average Bonchev–Trinajstić information content (AvgIpc) is 2.74. The molecule has 0 radical (unpaired) electrons. The summed E-state index contributed by atoms with van der Waals surface area (Å²) in [6.45, 7) is 2.00. The van der Waals surface area contributed by atoms with Gasteiger partial charge in [-0.2, -0.15) is 11.8 Å². The number of rotatable bonds is 4. The number of nitrogens with zero attached hydrogens (tertiary/aromatic N) is 1. The highest BCUT2D eigenvalue weighted by Gasteiger charge is 2.22. The second-order valence-electron chi connectivity index (χ2n) is 4.71. The molecule has 1 aromatic heterocycles. The van der Waals surface area contributed by atoms with Gasteiger partial charge in [-0.1, -0.05) is 0 Å². The summed E-state index contributed by atoms with van der Waals surface area (Å²) >= 11 is 3.01. The topological polar surface area (TPSA) is 46.3 Å². The lowest BCUT2D eigenvalue weighted by molar-refractivity contribution is 0.0763. The summed E-state index contributed by atoms with van der Waals surface area (Å²) in [7, 11) is 1.77. The number of amides is 1. The molecule has 1 aromatic carbocycles. The Bertz CT molecular complexity index is 641. The zero-order valence-corrected chi connectivity index (χ0v) is 13.3. The number of carbonyl (C=O) groups is 1. The molecule has 3 nitrogen and oxygen atoms in total. The minimum atomic E-state index is -0.342. The van der Waals surface area contributed by atoms with Crippen molar-refractivity contribution in [3.8, 4) is 0 Å². The molecule has 108 valence electrons. The summed E-state index contributed by atoms with van der Waals surface area (Å²) in [5.41, 5.74) is 6.38. The molecule has 0 aliphatic carbocycles. The number of halogens is 1. The zero-order chi connectivity index (χ0) is 14.9. The number of thioether (sulfide) groups is 1. The molecule has 2 rings (SSSR count). The van der Waals surface area contributed by atoms with Gasteiger partial charge in [-0.05, 0) is 31.4 Å². The Hall–Kier alpha value is -1.27. The second kappa shape index (κ2) is 6.01. The van der Waals surface area contributed by atoms with Crippen molar-refractivity contribution < 1.29 is 9.18 Å². The SMILES string of the molecule is CSCC(C)N(C)C(=O)c1sc2ccc(F)cc2c1N. The first kappa shape index (κ1) is 15.1. The van der Waals surface area contributed by atoms with E-state index in [0.29, 0.717) is 16.0 Å². The molecule has 20 heavy (non-hydrogen) atoms. The molecule has 0 fully saturated rings. The predicted octanol–water partition coefficient (Wildman–Crippen LogP) is 3.45. The molecular formula is C14H17FN2OS2. The van der Waals surface area contributed by atoms with Crippen LogP contribution in [0, 0.1) is 5.82 Å². The third-order valence-electron chi connectivity index (χ3n) is 3.27. The minimum absolute atomic E-state index is 0.106. The van der Waals surface area contributed by atoms with E-state index < -0.39 is 0 Å². The van der Waals surface area contributed by atoms with Crippen LogP contribution >= 0.6 is 23.1 Å². The Morgan fingerprint density at radius 1 is 1.55 bits per heavy atom. The van der Waals surface area contributed by atoms with E-state index in [0.717, 1.165) is 10.5 Å². The average molecular weight is 312 g/mol. The molecule has 0 aliphatic rings. The van der Waals surface area contributed by atoms with Crippen molar-refractivity contribution in [1.29, 1.82) is 0 Å². The van der Waals surface area contributed by atoms with Gasteiger partial charge in [-0.3, -0.25) is 4.79 Å². The number of hydrogen-bond donors (Lipinski definition) is 1. The highest BCUT2D eigenvalue weighted by atomic mass is 32.2. The van der Waals surface area contributed by atoms with E-state index in [-0.39, 0.29) is 17.8 Å². The maximum Gasteiger partial charge on any atom is 0.266 e. The summed E-state index contributed by atoms with van der Waals surface area (Å²) in [4.78, 5) is 14.7. The van der Waals surface area contributed by atoms with Gasteiger partial charge in [0, 0.05) is 28.9 Å². The molecule has 0 saturated carbocycles. The van der Waals surface area contributed by atoms with Crippen molar-refractivity contribution in [2.24, 2.45) is 0 Å². The summed E-state index contributed by atoms with van der Waals surface area (Å²) in [5.74, 6) is 0.414. The quantitative estimate of drug-likeness (QED) is 0.940. The third kappa shape index (κ3) is 2.76. The molecule has 1 atom stereocenters. The molecule has 1 unspecified atom stereocenters. The normalized spacial score (nSPS) is 12.6. The van der Waals surface area contributed by atoms with Gasteiger partial charge in [-0.25, -0.2) is 4.39 Å². The Morgan fingerprint density at radius 2 is 2.25 bits per heavy atom. The Labute approximate surface area is 125 Å². The minimum Gasteiger partial charge on any atom is -0.397 e. The van der Waals surface area contributed by atoms with Gasteiger partial charge in [0.25, 0.3) is 5.91 Å². The number of nitrogens with two attached hydrogens (primary N) is 1. The van der Waals surface area contributed by atoms with E-state index in [9.17, 15) is 9.18 Å². The fourth-order valence-corrected chi connectivity index (χ4v) is 3.75. The summed E-state index contributed by atoms with van der Waals surface area (Å²) in [6.07, 6.45) is 2.01. The van der Waals surface area contributed by atoms with E-state index in [2.05, 4.69) is 0 Å². The van der Waals surface area contributed by atoms with Crippen LogP contribution < -0.4 is 5.73 Å². The molecule has 2 aromatic rings. The van der Waals surface area contributed by atoms with Crippen LogP contribution in [0.25, 0.3) is 10.1 Å². The van der Waals surface area contributed by atoms with Gasteiger partial charge in [0.15, 0.2) is 0 Å². The number of benzene rings is 1. The van der Waals surface area contributed by atoms with Crippen molar-refractivity contribution in [2.45, 2.75) is 13.0 Å². The first-order chi connectivity index (χ1) is 9.45. The number of hydrogen-bond acceptors (Lipinski definition) is 4. The molecular weight excluding hydrogens is 295 g/mol. The van der Waals surface area contributed by atoms with Gasteiger partial charge < -0.3 is 10.6 Å².